The van der Waals surface area contributed by atoms with E-state index in [1.165, 1.54) is 12.8 Å². The first-order valence-corrected chi connectivity index (χ1v) is 9.93. The van der Waals surface area contributed by atoms with Crippen LogP contribution in [0.2, 0.25) is 0 Å². The zero-order valence-corrected chi connectivity index (χ0v) is 16.0. The van der Waals surface area contributed by atoms with Crippen LogP contribution in [0.15, 0.2) is 18.2 Å². The second-order valence-corrected chi connectivity index (χ2v) is 7.48. The Kier molecular flexibility index (Phi) is 6.78. The monoisotopic (exact) mass is 361 g/mol. The Morgan fingerprint density at radius 2 is 2.04 bits per heavy atom. The molecular formula is C21H31NO4. The second-order valence-electron chi connectivity index (χ2n) is 7.48. The molecule has 2 unspecified atom stereocenters. The molecule has 2 atom stereocenters. The van der Waals surface area contributed by atoms with Gasteiger partial charge in [0.15, 0.2) is 11.5 Å². The topological polar surface area (TPSA) is 56.8 Å². The Morgan fingerprint density at radius 1 is 1.23 bits per heavy atom. The summed E-state index contributed by atoms with van der Waals surface area (Å²) in [7, 11) is 1.61. The van der Waals surface area contributed by atoms with Crippen LogP contribution in [0.1, 0.15) is 68.6 Å². The summed E-state index contributed by atoms with van der Waals surface area (Å²) in [6.07, 6.45) is 9.47. The van der Waals surface area contributed by atoms with Gasteiger partial charge in [-0.1, -0.05) is 0 Å². The van der Waals surface area contributed by atoms with E-state index in [0.717, 1.165) is 50.9 Å². The van der Waals surface area contributed by atoms with Gasteiger partial charge in [-0.3, -0.25) is 4.79 Å². The maximum absolute atomic E-state index is 12.5. The summed E-state index contributed by atoms with van der Waals surface area (Å²) in [5, 5.41) is 3.07. The average Bonchev–Trinajstić information content (AvgIpc) is 3.34. The number of carbonyl (C=O) groups excluding carboxylic acids is 1. The highest BCUT2D eigenvalue weighted by Gasteiger charge is 2.20. The molecule has 1 saturated heterocycles. The van der Waals surface area contributed by atoms with E-state index in [2.05, 4.69) is 5.32 Å². The summed E-state index contributed by atoms with van der Waals surface area (Å²) in [6.45, 7) is 2.92. The predicted molar refractivity (Wildman–Crippen MR) is 101 cm³/mol. The normalized spacial score (nSPS) is 21.5. The standard InChI is InChI=1S/C21H31NO4/c1-15(9-11-17-8-5-13-25-17)22-21(23)16-10-12-19(20(14-16)24-2)26-18-6-3-4-7-18/h10,12,14-15,17-18H,3-9,11,13H2,1-2H3,(H,22,23). The van der Waals surface area contributed by atoms with Crippen molar-refractivity contribution in [3.63, 3.8) is 0 Å². The molecule has 0 bridgehead atoms. The van der Waals surface area contributed by atoms with Crippen molar-refractivity contribution in [2.75, 3.05) is 13.7 Å². The van der Waals surface area contributed by atoms with Crippen molar-refractivity contribution in [3.05, 3.63) is 23.8 Å². The number of rotatable bonds is 8. The van der Waals surface area contributed by atoms with Crippen LogP contribution in [0, 0.1) is 0 Å². The van der Waals surface area contributed by atoms with Crippen molar-refractivity contribution >= 4 is 5.91 Å². The third-order valence-corrected chi connectivity index (χ3v) is 5.34. The number of amides is 1. The van der Waals surface area contributed by atoms with Crippen molar-refractivity contribution in [2.45, 2.75) is 76.5 Å². The number of ether oxygens (including phenoxy) is 3. The number of methoxy groups -OCH3 is 1. The SMILES string of the molecule is COc1cc(C(=O)NC(C)CCC2CCCO2)ccc1OC1CCCC1. The molecule has 0 aromatic heterocycles. The fourth-order valence-electron chi connectivity index (χ4n) is 3.78. The Bertz CT molecular complexity index is 592. The van der Waals surface area contributed by atoms with Crippen LogP contribution in [-0.2, 0) is 4.74 Å². The van der Waals surface area contributed by atoms with Gasteiger partial charge < -0.3 is 19.5 Å². The summed E-state index contributed by atoms with van der Waals surface area (Å²) in [6, 6.07) is 5.55. The minimum atomic E-state index is -0.0736. The van der Waals surface area contributed by atoms with Gasteiger partial charge in [0.05, 0.1) is 19.3 Å². The molecule has 1 aliphatic carbocycles. The van der Waals surface area contributed by atoms with Gasteiger partial charge in [-0.15, -0.1) is 0 Å². The molecule has 5 heteroatoms. The molecule has 1 aliphatic heterocycles. The molecule has 0 spiro atoms. The zero-order chi connectivity index (χ0) is 18.4. The van der Waals surface area contributed by atoms with Crippen LogP contribution < -0.4 is 14.8 Å². The molecule has 5 nitrogen and oxygen atoms in total. The molecule has 26 heavy (non-hydrogen) atoms. The average molecular weight is 361 g/mol. The molecule has 1 aromatic rings. The van der Waals surface area contributed by atoms with Crippen molar-refractivity contribution < 1.29 is 19.0 Å². The minimum absolute atomic E-state index is 0.0736. The van der Waals surface area contributed by atoms with Gasteiger partial charge in [-0.25, -0.2) is 0 Å². The van der Waals surface area contributed by atoms with E-state index in [-0.39, 0.29) is 18.1 Å². The highest BCUT2D eigenvalue weighted by Crippen LogP contribution is 2.32. The van der Waals surface area contributed by atoms with Crippen LogP contribution >= 0.6 is 0 Å². The number of nitrogens with one attached hydrogen (secondary N) is 1. The van der Waals surface area contributed by atoms with Crippen LogP contribution in [0.4, 0.5) is 0 Å². The molecule has 2 fully saturated rings. The van der Waals surface area contributed by atoms with Crippen LogP contribution in [0.25, 0.3) is 0 Å². The molecule has 1 amide bonds. The van der Waals surface area contributed by atoms with Crippen LogP contribution in [-0.4, -0.2) is 37.9 Å². The molecular weight excluding hydrogens is 330 g/mol. The number of benzene rings is 1. The van der Waals surface area contributed by atoms with Crippen LogP contribution in [0.5, 0.6) is 11.5 Å². The molecule has 3 rings (SSSR count). The van der Waals surface area contributed by atoms with Crippen molar-refractivity contribution in [1.29, 1.82) is 0 Å². The van der Waals surface area contributed by atoms with E-state index in [1.54, 1.807) is 13.2 Å². The summed E-state index contributed by atoms with van der Waals surface area (Å²) in [4.78, 5) is 12.5. The van der Waals surface area contributed by atoms with Gasteiger partial charge in [-0.2, -0.15) is 0 Å². The Labute approximate surface area is 156 Å². The Morgan fingerprint density at radius 3 is 2.73 bits per heavy atom. The Hall–Kier alpha value is -1.75. The summed E-state index contributed by atoms with van der Waals surface area (Å²) < 4.78 is 17.1. The lowest BCUT2D eigenvalue weighted by atomic mass is 10.1. The van der Waals surface area contributed by atoms with Gasteiger partial charge in [-0.05, 0) is 76.5 Å². The van der Waals surface area contributed by atoms with E-state index >= 15 is 0 Å². The summed E-state index contributed by atoms with van der Waals surface area (Å²) in [5.41, 5.74) is 0.601. The highest BCUT2D eigenvalue weighted by atomic mass is 16.5. The molecule has 144 valence electrons. The van der Waals surface area contributed by atoms with Crippen molar-refractivity contribution in [1.82, 2.24) is 5.32 Å². The number of carbonyl (C=O) groups is 1. The maximum Gasteiger partial charge on any atom is 0.251 e. The number of hydrogen-bond donors (Lipinski definition) is 1. The smallest absolute Gasteiger partial charge is 0.251 e. The van der Waals surface area contributed by atoms with E-state index in [4.69, 9.17) is 14.2 Å². The molecule has 1 aromatic carbocycles. The molecule has 1 heterocycles. The maximum atomic E-state index is 12.5. The number of hydrogen-bond acceptors (Lipinski definition) is 4. The summed E-state index contributed by atoms with van der Waals surface area (Å²) >= 11 is 0. The van der Waals surface area contributed by atoms with Crippen molar-refractivity contribution in [2.24, 2.45) is 0 Å². The lowest BCUT2D eigenvalue weighted by molar-refractivity contribution is 0.0899. The fraction of sp³-hybridized carbons (Fsp3) is 0.667. The third-order valence-electron chi connectivity index (χ3n) is 5.34. The lowest BCUT2D eigenvalue weighted by Gasteiger charge is -2.18. The van der Waals surface area contributed by atoms with E-state index in [0.29, 0.717) is 17.4 Å². The molecule has 0 radical (unpaired) electrons. The van der Waals surface area contributed by atoms with Gasteiger partial charge in [0.1, 0.15) is 0 Å². The largest absolute Gasteiger partial charge is 0.493 e. The Balaban J connectivity index is 1.54. The third kappa shape index (κ3) is 5.13. The first-order valence-electron chi connectivity index (χ1n) is 9.93. The first-order chi connectivity index (χ1) is 12.7. The predicted octanol–water partition coefficient (Wildman–Crippen LogP) is 4.09. The van der Waals surface area contributed by atoms with Crippen molar-refractivity contribution in [3.8, 4) is 11.5 Å². The lowest BCUT2D eigenvalue weighted by Crippen LogP contribution is -2.33. The minimum Gasteiger partial charge on any atom is -0.493 e. The van der Waals surface area contributed by atoms with Gasteiger partial charge >= 0.3 is 0 Å². The fourth-order valence-corrected chi connectivity index (χ4v) is 3.78. The van der Waals surface area contributed by atoms with Gasteiger partial charge in [0.2, 0.25) is 0 Å². The van der Waals surface area contributed by atoms with E-state index < -0.39 is 0 Å². The molecule has 2 aliphatic rings. The molecule has 1 N–H and O–H groups in total. The van der Waals surface area contributed by atoms with Crippen LogP contribution in [0.3, 0.4) is 0 Å². The quantitative estimate of drug-likeness (QED) is 0.757. The van der Waals surface area contributed by atoms with Gasteiger partial charge in [0, 0.05) is 18.2 Å². The highest BCUT2D eigenvalue weighted by molar-refractivity contribution is 5.95. The summed E-state index contributed by atoms with van der Waals surface area (Å²) in [5.74, 6) is 1.27. The molecule has 1 saturated carbocycles. The zero-order valence-electron chi connectivity index (χ0n) is 16.0. The first kappa shape index (κ1) is 19.0. The second kappa shape index (κ2) is 9.26. The van der Waals surface area contributed by atoms with E-state index in [1.807, 2.05) is 19.1 Å². The van der Waals surface area contributed by atoms with Gasteiger partial charge in [0.25, 0.3) is 5.91 Å². The van der Waals surface area contributed by atoms with E-state index in [9.17, 15) is 4.79 Å².